The Balaban J connectivity index is 1.98. The lowest BCUT2D eigenvalue weighted by atomic mass is 10.1. The summed E-state index contributed by atoms with van der Waals surface area (Å²) in [5.74, 6) is -0.238. The molecule has 0 aromatic heterocycles. The summed E-state index contributed by atoms with van der Waals surface area (Å²) in [5.41, 5.74) is -0.986. The summed E-state index contributed by atoms with van der Waals surface area (Å²) in [5, 5.41) is 13.3. The van der Waals surface area contributed by atoms with Crippen LogP contribution in [0, 0.1) is 0 Å². The van der Waals surface area contributed by atoms with Crippen molar-refractivity contribution in [3.63, 3.8) is 0 Å². The van der Waals surface area contributed by atoms with Gasteiger partial charge in [-0.2, -0.15) is 0 Å². The number of imide groups is 1. The second kappa shape index (κ2) is 6.73. The van der Waals surface area contributed by atoms with Crippen molar-refractivity contribution >= 4 is 46.7 Å². The summed E-state index contributed by atoms with van der Waals surface area (Å²) < 4.78 is 5.37. The monoisotopic (exact) mass is 380 g/mol. The summed E-state index contributed by atoms with van der Waals surface area (Å²) in [7, 11) is 0. The number of amides is 3. The summed E-state index contributed by atoms with van der Waals surface area (Å²) >= 11 is 17.7. The van der Waals surface area contributed by atoms with Gasteiger partial charge in [0.1, 0.15) is 18.2 Å². The lowest BCUT2D eigenvalue weighted by molar-refractivity contribution is -0.131. The molecule has 126 valence electrons. The molecule has 1 aromatic rings. The van der Waals surface area contributed by atoms with E-state index in [2.05, 4.69) is 5.32 Å². The molecule has 1 fully saturated rings. The second-order valence-electron chi connectivity index (χ2n) is 5.63. The van der Waals surface area contributed by atoms with E-state index in [0.717, 1.165) is 4.90 Å². The molecule has 1 atom stereocenters. The van der Waals surface area contributed by atoms with Crippen LogP contribution in [0.1, 0.15) is 13.8 Å². The molecule has 3 amide bonds. The Kier molecular flexibility index (Phi) is 5.30. The Labute approximate surface area is 148 Å². The highest BCUT2D eigenvalue weighted by molar-refractivity contribution is 6.40. The summed E-state index contributed by atoms with van der Waals surface area (Å²) in [6, 6.07) is 2.36. The van der Waals surface area contributed by atoms with Gasteiger partial charge in [0.25, 0.3) is 5.91 Å². The van der Waals surface area contributed by atoms with E-state index < -0.39 is 23.6 Å². The number of ether oxygens (including phenoxy) is 1. The standard InChI is InChI=1S/C14H15Cl3N2O4/c1-14(2)12(21)19(13(22)18-14)5-8(20)6-23-11-9(16)3-7(15)4-10(11)17/h3-4,8,20H,5-6H2,1-2H3,(H,18,22). The molecule has 1 unspecified atom stereocenters. The van der Waals surface area contributed by atoms with E-state index in [0.29, 0.717) is 5.02 Å². The quantitative estimate of drug-likeness (QED) is 0.769. The minimum atomic E-state index is -1.10. The SMILES string of the molecule is CC1(C)NC(=O)N(CC(O)COc2c(Cl)cc(Cl)cc2Cl)C1=O. The van der Waals surface area contributed by atoms with Crippen LogP contribution in [-0.2, 0) is 4.79 Å². The number of β-amino-alcohol motifs (C(OH)–C–C–N with tert-alkyl or cyclic N) is 1. The molecule has 2 N–H and O–H groups in total. The Hall–Kier alpha value is -1.21. The number of carbonyl (C=O) groups excluding carboxylic acids is 2. The van der Waals surface area contributed by atoms with Crippen LogP contribution in [0.15, 0.2) is 12.1 Å². The maximum Gasteiger partial charge on any atom is 0.325 e. The van der Waals surface area contributed by atoms with E-state index in [9.17, 15) is 14.7 Å². The topological polar surface area (TPSA) is 78.9 Å². The molecule has 0 spiro atoms. The third-order valence-electron chi connectivity index (χ3n) is 3.22. The van der Waals surface area contributed by atoms with Crippen LogP contribution in [0.4, 0.5) is 4.79 Å². The van der Waals surface area contributed by atoms with Gasteiger partial charge in [-0.15, -0.1) is 0 Å². The molecule has 0 aliphatic carbocycles. The second-order valence-corrected chi connectivity index (χ2v) is 6.89. The molecule has 1 aliphatic rings. The molecular formula is C14H15Cl3N2O4. The van der Waals surface area contributed by atoms with Crippen molar-refractivity contribution in [3.8, 4) is 5.75 Å². The van der Waals surface area contributed by atoms with Gasteiger partial charge in [0.2, 0.25) is 0 Å². The zero-order chi connectivity index (χ0) is 17.4. The van der Waals surface area contributed by atoms with Crippen molar-refractivity contribution in [2.75, 3.05) is 13.2 Å². The molecule has 1 aromatic carbocycles. The van der Waals surface area contributed by atoms with Crippen molar-refractivity contribution in [1.82, 2.24) is 10.2 Å². The molecule has 0 saturated carbocycles. The first-order chi connectivity index (χ1) is 10.6. The number of urea groups is 1. The van der Waals surface area contributed by atoms with Crippen molar-refractivity contribution < 1.29 is 19.4 Å². The smallest absolute Gasteiger partial charge is 0.325 e. The highest BCUT2D eigenvalue weighted by atomic mass is 35.5. The predicted molar refractivity (Wildman–Crippen MR) is 87.3 cm³/mol. The molecule has 6 nitrogen and oxygen atoms in total. The molecule has 0 radical (unpaired) electrons. The number of nitrogens with one attached hydrogen (secondary N) is 1. The maximum absolute atomic E-state index is 12.0. The molecule has 2 rings (SSSR count). The lowest BCUT2D eigenvalue weighted by Gasteiger charge is -2.20. The number of benzene rings is 1. The third-order valence-corrected chi connectivity index (χ3v) is 4.00. The van der Waals surface area contributed by atoms with Crippen molar-refractivity contribution in [1.29, 1.82) is 0 Å². The molecule has 1 saturated heterocycles. The molecule has 23 heavy (non-hydrogen) atoms. The minimum absolute atomic E-state index is 0.175. The largest absolute Gasteiger partial charge is 0.488 e. The predicted octanol–water partition coefficient (Wildman–Crippen LogP) is 2.72. The zero-order valence-electron chi connectivity index (χ0n) is 12.4. The van der Waals surface area contributed by atoms with Gasteiger partial charge in [0.05, 0.1) is 16.6 Å². The lowest BCUT2D eigenvalue weighted by Crippen LogP contribution is -2.42. The van der Waals surface area contributed by atoms with E-state index in [4.69, 9.17) is 39.5 Å². The first kappa shape index (κ1) is 18.1. The number of carbonyl (C=O) groups is 2. The summed E-state index contributed by atoms with van der Waals surface area (Å²) in [6.45, 7) is 2.78. The van der Waals surface area contributed by atoms with Gasteiger partial charge in [0, 0.05) is 5.02 Å². The van der Waals surface area contributed by atoms with Crippen LogP contribution in [0.2, 0.25) is 15.1 Å². The van der Waals surface area contributed by atoms with Gasteiger partial charge in [-0.25, -0.2) is 4.79 Å². The van der Waals surface area contributed by atoms with Crippen LogP contribution >= 0.6 is 34.8 Å². The normalized spacial score (nSPS) is 18.1. The molecular weight excluding hydrogens is 367 g/mol. The van der Waals surface area contributed by atoms with Crippen molar-refractivity contribution in [2.45, 2.75) is 25.5 Å². The molecule has 9 heteroatoms. The fourth-order valence-corrected chi connectivity index (χ4v) is 3.02. The fourth-order valence-electron chi connectivity index (χ4n) is 2.09. The number of rotatable bonds is 5. The number of nitrogens with zero attached hydrogens (tertiary/aromatic N) is 1. The van der Waals surface area contributed by atoms with Crippen LogP contribution in [-0.4, -0.2) is 46.7 Å². The average molecular weight is 382 g/mol. The number of hydrogen-bond donors (Lipinski definition) is 2. The minimum Gasteiger partial charge on any atom is -0.488 e. The molecule has 1 aliphatic heterocycles. The van der Waals surface area contributed by atoms with Crippen LogP contribution in [0.5, 0.6) is 5.75 Å². The number of halogens is 3. The van der Waals surface area contributed by atoms with E-state index in [1.54, 1.807) is 13.8 Å². The fraction of sp³-hybridized carbons (Fsp3) is 0.429. The highest BCUT2D eigenvalue weighted by Gasteiger charge is 2.44. The van der Waals surface area contributed by atoms with Gasteiger partial charge >= 0.3 is 6.03 Å². The van der Waals surface area contributed by atoms with Crippen LogP contribution < -0.4 is 10.1 Å². The zero-order valence-corrected chi connectivity index (χ0v) is 14.7. The first-order valence-electron chi connectivity index (χ1n) is 6.71. The van der Waals surface area contributed by atoms with Gasteiger partial charge in [0.15, 0.2) is 5.75 Å². The molecule has 1 heterocycles. The van der Waals surface area contributed by atoms with E-state index in [1.807, 2.05) is 0 Å². The van der Waals surface area contributed by atoms with Crippen LogP contribution in [0.3, 0.4) is 0 Å². The van der Waals surface area contributed by atoms with E-state index in [1.165, 1.54) is 12.1 Å². The summed E-state index contributed by atoms with van der Waals surface area (Å²) in [6.07, 6.45) is -1.10. The van der Waals surface area contributed by atoms with Crippen molar-refractivity contribution in [3.05, 3.63) is 27.2 Å². The number of aliphatic hydroxyl groups excluding tert-OH is 1. The highest BCUT2D eigenvalue weighted by Crippen LogP contribution is 2.35. The van der Waals surface area contributed by atoms with Gasteiger partial charge in [-0.3, -0.25) is 9.69 Å². The van der Waals surface area contributed by atoms with Crippen molar-refractivity contribution in [2.24, 2.45) is 0 Å². The van der Waals surface area contributed by atoms with E-state index in [-0.39, 0.29) is 28.9 Å². The first-order valence-corrected chi connectivity index (χ1v) is 7.84. The number of hydrogen-bond acceptors (Lipinski definition) is 4. The van der Waals surface area contributed by atoms with E-state index >= 15 is 0 Å². The van der Waals surface area contributed by atoms with Gasteiger partial charge in [-0.05, 0) is 26.0 Å². The number of aliphatic hydroxyl groups is 1. The Morgan fingerprint density at radius 2 is 1.83 bits per heavy atom. The molecule has 0 bridgehead atoms. The Bertz CT molecular complexity index is 628. The summed E-state index contributed by atoms with van der Waals surface area (Å²) in [4.78, 5) is 24.7. The Morgan fingerprint density at radius 3 is 2.30 bits per heavy atom. The van der Waals surface area contributed by atoms with Gasteiger partial charge in [-0.1, -0.05) is 34.8 Å². The Morgan fingerprint density at radius 1 is 1.26 bits per heavy atom. The average Bonchev–Trinajstić information content (AvgIpc) is 2.59. The van der Waals surface area contributed by atoms with Gasteiger partial charge < -0.3 is 15.2 Å². The third kappa shape index (κ3) is 4.01. The van der Waals surface area contributed by atoms with Crippen LogP contribution in [0.25, 0.3) is 0 Å². The maximum atomic E-state index is 12.0.